The first-order chi connectivity index (χ1) is 19.9. The number of hydrogen-bond donors (Lipinski definition) is 1. The normalized spacial score (nSPS) is 20.7. The minimum atomic E-state index is -0.343. The molecule has 1 spiro atoms. The Labute approximate surface area is 244 Å². The van der Waals surface area contributed by atoms with Crippen LogP contribution >= 0.6 is 0 Å². The molecule has 0 bridgehead atoms. The van der Waals surface area contributed by atoms with Gasteiger partial charge in [-0.2, -0.15) is 5.10 Å². The smallest absolute Gasteiger partial charge is 0.236 e. The predicted octanol–water partition coefficient (Wildman–Crippen LogP) is 3.33. The Morgan fingerprint density at radius 3 is 2.54 bits per heavy atom. The van der Waals surface area contributed by atoms with Gasteiger partial charge in [0.25, 0.3) is 0 Å². The third-order valence-electron chi connectivity index (χ3n) is 9.25. The number of amides is 2. The molecular weight excluding hydrogens is 516 g/mol. The Hall–Kier alpha value is -3.20. The van der Waals surface area contributed by atoms with Gasteiger partial charge < -0.3 is 19.9 Å². The molecule has 0 aliphatic carbocycles. The second-order valence-electron chi connectivity index (χ2n) is 12.3. The quantitative estimate of drug-likeness (QED) is 0.598. The Morgan fingerprint density at radius 2 is 1.80 bits per heavy atom. The summed E-state index contributed by atoms with van der Waals surface area (Å²) in [5.74, 6) is 2.71. The van der Waals surface area contributed by atoms with Crippen LogP contribution in [0.2, 0.25) is 0 Å². The highest BCUT2D eigenvalue weighted by molar-refractivity contribution is 5.83. The summed E-state index contributed by atoms with van der Waals surface area (Å²) >= 11 is 0. The topological polar surface area (TPSA) is 90.9 Å². The lowest BCUT2D eigenvalue weighted by atomic mass is 9.73. The van der Waals surface area contributed by atoms with E-state index in [0.717, 1.165) is 101 Å². The SMILES string of the molecule is CN(C)c1ccc(CC2CCN(C(=O)CN3CCC4(CCCCc5ccccc5OCCNC4=O)CC3)CC2)nn1. The van der Waals surface area contributed by atoms with Crippen molar-refractivity contribution in [1.29, 1.82) is 0 Å². The van der Waals surface area contributed by atoms with Gasteiger partial charge in [0.05, 0.1) is 24.2 Å². The molecule has 0 saturated carbocycles. The number of likely N-dealkylation sites (tertiary alicyclic amines) is 2. The standard InChI is InChI=1S/C32H46N6O3/c1-36(2)29-11-10-27(34-35-29)23-25-12-18-38(19-13-25)30(39)24-37-20-15-32(16-21-37)14-6-5-8-26-7-3-4-9-28(26)41-22-17-33-31(32)40/h3-4,7,9-11,25H,5-6,8,12-24H2,1-2H3,(H,33,40). The van der Waals surface area contributed by atoms with Crippen LogP contribution in [0.5, 0.6) is 5.75 Å². The van der Waals surface area contributed by atoms with Crippen molar-refractivity contribution in [2.75, 3.05) is 64.9 Å². The van der Waals surface area contributed by atoms with Gasteiger partial charge in [-0.1, -0.05) is 24.6 Å². The summed E-state index contributed by atoms with van der Waals surface area (Å²) in [4.78, 5) is 32.8. The minimum absolute atomic E-state index is 0.157. The molecular formula is C32H46N6O3. The minimum Gasteiger partial charge on any atom is -0.491 e. The molecule has 1 N–H and O–H groups in total. The number of para-hydroxylation sites is 1. The van der Waals surface area contributed by atoms with E-state index in [4.69, 9.17) is 4.74 Å². The van der Waals surface area contributed by atoms with Crippen molar-refractivity contribution in [2.24, 2.45) is 11.3 Å². The molecule has 0 atom stereocenters. The first kappa shape index (κ1) is 29.3. The van der Waals surface area contributed by atoms with Gasteiger partial charge in [-0.15, -0.1) is 5.10 Å². The van der Waals surface area contributed by atoms with Crippen LogP contribution in [0.25, 0.3) is 0 Å². The van der Waals surface area contributed by atoms with Crippen LogP contribution in [-0.4, -0.2) is 91.8 Å². The third kappa shape index (κ3) is 7.56. The number of carbonyl (C=O) groups excluding carboxylic acids is 2. The molecule has 2 aromatic rings. The van der Waals surface area contributed by atoms with Crippen LogP contribution < -0.4 is 15.0 Å². The monoisotopic (exact) mass is 562 g/mol. The lowest BCUT2D eigenvalue weighted by molar-refractivity contribution is -0.137. The number of nitrogens with zero attached hydrogens (tertiary/aromatic N) is 5. The fourth-order valence-corrected chi connectivity index (χ4v) is 6.55. The van der Waals surface area contributed by atoms with Gasteiger partial charge in [-0.05, 0) is 94.1 Å². The van der Waals surface area contributed by atoms with Crippen molar-refractivity contribution in [3.63, 3.8) is 0 Å². The molecule has 9 heteroatoms. The molecule has 1 aromatic heterocycles. The number of nitrogens with one attached hydrogen (secondary N) is 1. The number of aryl methyl sites for hydroxylation is 1. The molecule has 3 aliphatic heterocycles. The molecule has 2 amide bonds. The van der Waals surface area contributed by atoms with Crippen molar-refractivity contribution in [3.05, 3.63) is 47.7 Å². The van der Waals surface area contributed by atoms with E-state index in [9.17, 15) is 9.59 Å². The maximum atomic E-state index is 13.4. The number of rotatable bonds is 5. The summed E-state index contributed by atoms with van der Waals surface area (Å²) in [6, 6.07) is 12.3. The van der Waals surface area contributed by atoms with Crippen molar-refractivity contribution >= 4 is 17.6 Å². The van der Waals surface area contributed by atoms with Crippen molar-refractivity contribution in [1.82, 2.24) is 25.3 Å². The molecule has 222 valence electrons. The number of anilines is 1. The molecule has 3 aliphatic rings. The fourth-order valence-electron chi connectivity index (χ4n) is 6.55. The van der Waals surface area contributed by atoms with E-state index in [1.807, 2.05) is 42.1 Å². The average molecular weight is 563 g/mol. The highest BCUT2D eigenvalue weighted by Crippen LogP contribution is 2.38. The molecule has 0 unspecified atom stereocenters. The summed E-state index contributed by atoms with van der Waals surface area (Å²) in [6.07, 6.45) is 8.46. The number of benzene rings is 1. The predicted molar refractivity (Wildman–Crippen MR) is 160 cm³/mol. The molecule has 9 nitrogen and oxygen atoms in total. The van der Waals surface area contributed by atoms with Crippen molar-refractivity contribution in [2.45, 2.75) is 57.8 Å². The fraction of sp³-hybridized carbons (Fsp3) is 0.625. The van der Waals surface area contributed by atoms with Crippen LogP contribution in [0.3, 0.4) is 0 Å². The first-order valence-corrected chi connectivity index (χ1v) is 15.4. The van der Waals surface area contributed by atoms with Crippen LogP contribution in [-0.2, 0) is 22.4 Å². The number of ether oxygens (including phenoxy) is 1. The van der Waals surface area contributed by atoms with E-state index in [1.54, 1.807) is 0 Å². The van der Waals surface area contributed by atoms with Crippen LogP contribution in [0.4, 0.5) is 5.82 Å². The second-order valence-corrected chi connectivity index (χ2v) is 12.3. The molecule has 5 rings (SSSR count). The zero-order valence-electron chi connectivity index (χ0n) is 24.8. The van der Waals surface area contributed by atoms with Gasteiger partial charge in [0.1, 0.15) is 12.4 Å². The molecule has 2 fully saturated rings. The third-order valence-corrected chi connectivity index (χ3v) is 9.25. The van der Waals surface area contributed by atoms with Crippen LogP contribution in [0.1, 0.15) is 56.2 Å². The number of piperidine rings is 2. The zero-order chi connectivity index (χ0) is 28.7. The molecule has 0 radical (unpaired) electrons. The van der Waals surface area contributed by atoms with E-state index >= 15 is 0 Å². The molecule has 4 heterocycles. The van der Waals surface area contributed by atoms with E-state index in [2.05, 4.69) is 38.6 Å². The van der Waals surface area contributed by atoms with Gasteiger partial charge in [0.2, 0.25) is 11.8 Å². The second kappa shape index (κ2) is 13.6. The molecule has 2 saturated heterocycles. The number of carbonyl (C=O) groups is 2. The maximum Gasteiger partial charge on any atom is 0.236 e. The van der Waals surface area contributed by atoms with Gasteiger partial charge in [-0.3, -0.25) is 14.5 Å². The lowest BCUT2D eigenvalue weighted by Gasteiger charge is -2.41. The van der Waals surface area contributed by atoms with E-state index < -0.39 is 0 Å². The Morgan fingerprint density at radius 1 is 1.02 bits per heavy atom. The first-order valence-electron chi connectivity index (χ1n) is 15.4. The summed E-state index contributed by atoms with van der Waals surface area (Å²) in [6.45, 7) is 4.63. The van der Waals surface area contributed by atoms with Gasteiger partial charge in [0, 0.05) is 27.2 Å². The Kier molecular flexibility index (Phi) is 9.75. The zero-order valence-corrected chi connectivity index (χ0v) is 24.8. The summed E-state index contributed by atoms with van der Waals surface area (Å²) in [5.41, 5.74) is 1.93. The number of aromatic nitrogens is 2. The maximum absolute atomic E-state index is 13.4. The molecule has 41 heavy (non-hydrogen) atoms. The van der Waals surface area contributed by atoms with Crippen molar-refractivity contribution < 1.29 is 14.3 Å². The number of fused-ring (bicyclic) bond motifs is 1. The summed E-state index contributed by atoms with van der Waals surface area (Å²) in [7, 11) is 3.93. The summed E-state index contributed by atoms with van der Waals surface area (Å²) in [5, 5.41) is 11.9. The van der Waals surface area contributed by atoms with E-state index in [-0.39, 0.29) is 17.2 Å². The average Bonchev–Trinajstić information content (AvgIpc) is 2.99. The van der Waals surface area contributed by atoms with E-state index in [0.29, 0.717) is 25.6 Å². The highest BCUT2D eigenvalue weighted by Gasteiger charge is 2.41. The van der Waals surface area contributed by atoms with Crippen molar-refractivity contribution in [3.8, 4) is 5.75 Å². The van der Waals surface area contributed by atoms with Gasteiger partial charge in [0.15, 0.2) is 5.82 Å². The Bertz CT molecular complexity index is 1150. The van der Waals surface area contributed by atoms with Crippen LogP contribution in [0.15, 0.2) is 36.4 Å². The summed E-state index contributed by atoms with van der Waals surface area (Å²) < 4.78 is 5.98. The lowest BCUT2D eigenvalue weighted by Crippen LogP contribution is -2.52. The largest absolute Gasteiger partial charge is 0.491 e. The van der Waals surface area contributed by atoms with Crippen LogP contribution in [0, 0.1) is 11.3 Å². The van der Waals surface area contributed by atoms with Gasteiger partial charge >= 0.3 is 0 Å². The number of hydrogen-bond acceptors (Lipinski definition) is 7. The van der Waals surface area contributed by atoms with E-state index in [1.165, 1.54) is 5.56 Å². The molecule has 1 aromatic carbocycles. The van der Waals surface area contributed by atoms with Gasteiger partial charge in [-0.25, -0.2) is 0 Å². The highest BCUT2D eigenvalue weighted by atomic mass is 16.5. The Balaban J connectivity index is 1.07.